The van der Waals surface area contributed by atoms with Gasteiger partial charge in [0.15, 0.2) is 5.69 Å². The Labute approximate surface area is 155 Å². The maximum atomic E-state index is 12.4. The molecule has 0 atom stereocenters. The highest BCUT2D eigenvalue weighted by Gasteiger charge is 2.10. The summed E-state index contributed by atoms with van der Waals surface area (Å²) in [7, 11) is 0. The van der Waals surface area contributed by atoms with Gasteiger partial charge in [-0.15, -0.1) is 0 Å². The number of nitrogens with two attached hydrogens (primary N) is 1. The van der Waals surface area contributed by atoms with E-state index >= 15 is 0 Å². The van der Waals surface area contributed by atoms with Crippen LogP contribution in [0.5, 0.6) is 0 Å². The van der Waals surface area contributed by atoms with Crippen LogP contribution in [0.15, 0.2) is 77.7 Å². The van der Waals surface area contributed by atoms with Crippen LogP contribution in [0, 0.1) is 5.41 Å². The Bertz CT molecular complexity index is 1050. The molecular formula is C20H17N5O2. The molecular weight excluding hydrogens is 342 g/mol. The van der Waals surface area contributed by atoms with Crippen LogP contribution in [-0.2, 0) is 0 Å². The zero-order valence-corrected chi connectivity index (χ0v) is 14.3. The van der Waals surface area contributed by atoms with Gasteiger partial charge in [-0.3, -0.25) is 9.59 Å². The number of rotatable bonds is 6. The third kappa shape index (κ3) is 4.16. The maximum absolute atomic E-state index is 12.4. The Morgan fingerprint density at radius 1 is 1.07 bits per heavy atom. The normalized spacial score (nSPS) is 11.0. The molecule has 7 nitrogen and oxygen atoms in total. The quantitative estimate of drug-likeness (QED) is 0.586. The van der Waals surface area contributed by atoms with E-state index in [1.165, 1.54) is 23.0 Å². The molecule has 2 aromatic carbocycles. The zero-order valence-electron chi connectivity index (χ0n) is 14.3. The Morgan fingerprint density at radius 3 is 2.41 bits per heavy atom. The Kier molecular flexibility index (Phi) is 5.22. The maximum Gasteiger partial charge on any atom is 0.248 e. The van der Waals surface area contributed by atoms with Gasteiger partial charge in [-0.2, -0.15) is 5.10 Å². The van der Waals surface area contributed by atoms with E-state index < -0.39 is 5.91 Å². The van der Waals surface area contributed by atoms with Gasteiger partial charge in [-0.05, 0) is 42.5 Å². The molecule has 1 aromatic heterocycles. The van der Waals surface area contributed by atoms with Crippen molar-refractivity contribution in [3.63, 3.8) is 0 Å². The molecule has 0 unspecified atom stereocenters. The second-order valence-electron chi connectivity index (χ2n) is 5.62. The predicted molar refractivity (Wildman–Crippen MR) is 105 cm³/mol. The van der Waals surface area contributed by atoms with Gasteiger partial charge >= 0.3 is 0 Å². The average Bonchev–Trinajstić information content (AvgIpc) is 2.69. The van der Waals surface area contributed by atoms with E-state index in [0.29, 0.717) is 16.9 Å². The smallest absolute Gasteiger partial charge is 0.248 e. The van der Waals surface area contributed by atoms with Crippen LogP contribution < -0.4 is 16.5 Å². The van der Waals surface area contributed by atoms with Crippen molar-refractivity contribution in [2.45, 2.75) is 0 Å². The van der Waals surface area contributed by atoms with E-state index in [9.17, 15) is 9.59 Å². The second kappa shape index (κ2) is 7.92. The lowest BCUT2D eigenvalue weighted by Gasteiger charge is -2.12. The van der Waals surface area contributed by atoms with Crippen LogP contribution in [0.2, 0.25) is 0 Å². The molecule has 0 fully saturated rings. The second-order valence-corrected chi connectivity index (χ2v) is 5.62. The summed E-state index contributed by atoms with van der Waals surface area (Å²) in [4.78, 5) is 23.6. The standard InChI is InChI=1S/C20H17N5O2/c21-12-10-17(23-15-4-2-1-3-5-15)19-18(26)11-13-25(24-19)16-8-6-14(7-9-16)20(22)27/h1-13,21,23H,(H2,22,27)/b17-10-,21-12?. The molecule has 134 valence electrons. The number of carbonyl (C=O) groups is 1. The summed E-state index contributed by atoms with van der Waals surface area (Å²) in [6.07, 6.45) is 4.10. The molecule has 0 aliphatic carbocycles. The van der Waals surface area contributed by atoms with E-state index in [1.807, 2.05) is 30.3 Å². The highest BCUT2D eigenvalue weighted by molar-refractivity contribution is 5.92. The molecule has 3 rings (SSSR count). The number of allylic oxidation sites excluding steroid dienone is 1. The van der Waals surface area contributed by atoms with E-state index in [1.54, 1.807) is 24.3 Å². The van der Waals surface area contributed by atoms with Crippen molar-refractivity contribution in [3.05, 3.63) is 94.4 Å². The topological polar surface area (TPSA) is 114 Å². The van der Waals surface area contributed by atoms with Crippen LogP contribution in [0.25, 0.3) is 11.4 Å². The summed E-state index contributed by atoms with van der Waals surface area (Å²) in [6.45, 7) is 0. The molecule has 1 heterocycles. The molecule has 0 saturated heterocycles. The van der Waals surface area contributed by atoms with Gasteiger partial charge in [0.25, 0.3) is 0 Å². The number of aromatic nitrogens is 2. The van der Waals surface area contributed by atoms with Crippen molar-refractivity contribution in [2.24, 2.45) is 5.73 Å². The van der Waals surface area contributed by atoms with Crippen LogP contribution in [0.4, 0.5) is 5.69 Å². The van der Waals surface area contributed by atoms with Gasteiger partial charge in [0.1, 0.15) is 0 Å². The number of hydrogen-bond donors (Lipinski definition) is 3. The molecule has 0 aliphatic rings. The molecule has 0 bridgehead atoms. The number of primary amides is 1. The van der Waals surface area contributed by atoms with Gasteiger partial charge in [0.05, 0.1) is 11.4 Å². The number of benzene rings is 2. The Hall–Kier alpha value is -4.00. The Morgan fingerprint density at radius 2 is 1.78 bits per heavy atom. The van der Waals surface area contributed by atoms with Crippen LogP contribution in [-0.4, -0.2) is 21.9 Å². The van der Waals surface area contributed by atoms with Crippen molar-refractivity contribution < 1.29 is 4.79 Å². The summed E-state index contributed by atoms with van der Waals surface area (Å²) in [6, 6.07) is 17.3. The van der Waals surface area contributed by atoms with Crippen LogP contribution >= 0.6 is 0 Å². The van der Waals surface area contributed by atoms with Crippen LogP contribution in [0.3, 0.4) is 0 Å². The zero-order chi connectivity index (χ0) is 19.2. The van der Waals surface area contributed by atoms with Gasteiger partial charge < -0.3 is 16.5 Å². The predicted octanol–water partition coefficient (Wildman–Crippen LogP) is 2.43. The largest absolute Gasteiger partial charge is 0.366 e. The molecule has 27 heavy (non-hydrogen) atoms. The minimum absolute atomic E-state index is 0.170. The lowest BCUT2D eigenvalue weighted by molar-refractivity contribution is 0.100. The SMILES string of the molecule is N=C/C=C(\Nc1ccccc1)c1nn(-c2ccc(C(N)=O)cc2)ccc1=O. The first-order chi connectivity index (χ1) is 13.1. The molecule has 0 radical (unpaired) electrons. The Balaban J connectivity index is 2.00. The van der Waals surface area contributed by atoms with Crippen molar-refractivity contribution >= 4 is 23.5 Å². The molecule has 3 aromatic rings. The number of nitrogens with one attached hydrogen (secondary N) is 2. The lowest BCUT2D eigenvalue weighted by Crippen LogP contribution is -2.18. The summed E-state index contributed by atoms with van der Waals surface area (Å²) < 4.78 is 1.52. The van der Waals surface area contributed by atoms with Gasteiger partial charge in [-0.25, -0.2) is 4.68 Å². The van der Waals surface area contributed by atoms with E-state index in [0.717, 1.165) is 11.9 Å². The van der Waals surface area contributed by atoms with Gasteiger partial charge in [0, 0.05) is 29.7 Å². The number of carbonyl (C=O) groups excluding carboxylic acids is 1. The fraction of sp³-hybridized carbons (Fsp3) is 0. The van der Waals surface area contributed by atoms with Crippen molar-refractivity contribution in [1.29, 1.82) is 5.41 Å². The van der Waals surface area contributed by atoms with E-state index in [4.69, 9.17) is 11.1 Å². The number of amides is 1. The molecule has 7 heteroatoms. The fourth-order valence-corrected chi connectivity index (χ4v) is 2.46. The first kappa shape index (κ1) is 17.8. The summed E-state index contributed by atoms with van der Waals surface area (Å²) in [5.41, 5.74) is 7.37. The number of hydrogen-bond acceptors (Lipinski definition) is 5. The lowest BCUT2D eigenvalue weighted by atomic mass is 10.2. The average molecular weight is 359 g/mol. The minimum Gasteiger partial charge on any atom is -0.366 e. The molecule has 0 saturated carbocycles. The van der Waals surface area contributed by atoms with Crippen molar-refractivity contribution in [2.75, 3.05) is 5.32 Å². The highest BCUT2D eigenvalue weighted by atomic mass is 16.1. The van der Waals surface area contributed by atoms with Gasteiger partial charge in [0.2, 0.25) is 11.3 Å². The van der Waals surface area contributed by atoms with Gasteiger partial charge in [-0.1, -0.05) is 18.2 Å². The van der Waals surface area contributed by atoms with Crippen LogP contribution in [0.1, 0.15) is 16.1 Å². The molecule has 4 N–H and O–H groups in total. The first-order valence-electron chi connectivity index (χ1n) is 8.12. The monoisotopic (exact) mass is 359 g/mol. The highest BCUT2D eigenvalue weighted by Crippen LogP contribution is 2.15. The fourth-order valence-electron chi connectivity index (χ4n) is 2.46. The summed E-state index contributed by atoms with van der Waals surface area (Å²) >= 11 is 0. The van der Waals surface area contributed by atoms with Crippen molar-refractivity contribution in [1.82, 2.24) is 9.78 Å². The van der Waals surface area contributed by atoms with E-state index in [2.05, 4.69) is 10.4 Å². The van der Waals surface area contributed by atoms with Crippen molar-refractivity contribution in [3.8, 4) is 5.69 Å². The molecule has 0 spiro atoms. The summed E-state index contributed by atoms with van der Waals surface area (Å²) in [5.74, 6) is -0.515. The first-order valence-corrected chi connectivity index (χ1v) is 8.12. The number of para-hydroxylation sites is 1. The summed E-state index contributed by atoms with van der Waals surface area (Å²) in [5, 5.41) is 14.9. The number of anilines is 1. The molecule has 0 aliphatic heterocycles. The molecule has 1 amide bonds. The minimum atomic E-state index is -0.515. The third-order valence-corrected chi connectivity index (χ3v) is 3.78. The third-order valence-electron chi connectivity index (χ3n) is 3.78. The van der Waals surface area contributed by atoms with E-state index in [-0.39, 0.29) is 11.1 Å². The number of nitrogens with zero attached hydrogens (tertiary/aromatic N) is 2.